The van der Waals surface area contributed by atoms with Crippen LogP contribution in [0.3, 0.4) is 0 Å². The van der Waals surface area contributed by atoms with Crippen LogP contribution >= 0.6 is 0 Å². The van der Waals surface area contributed by atoms with Crippen LogP contribution in [-0.2, 0) is 25.8 Å². The Morgan fingerprint density at radius 2 is 1.93 bits per heavy atom. The molecule has 3 unspecified atom stereocenters. The molecule has 2 aliphatic carbocycles. The van der Waals surface area contributed by atoms with Gasteiger partial charge in [0.2, 0.25) is 11.8 Å². The van der Waals surface area contributed by atoms with Crippen molar-refractivity contribution < 1.29 is 34.2 Å². The summed E-state index contributed by atoms with van der Waals surface area (Å²) in [6, 6.07) is 4.87. The first-order valence-electron chi connectivity index (χ1n) is 15.2. The molecule has 0 aromatic heterocycles. The predicted octanol–water partition coefficient (Wildman–Crippen LogP) is 3.55. The molecule has 236 valence electrons. The van der Waals surface area contributed by atoms with Gasteiger partial charge in [-0.3, -0.25) is 14.4 Å². The first-order valence-corrected chi connectivity index (χ1v) is 15.2. The van der Waals surface area contributed by atoms with E-state index < -0.39 is 30.0 Å². The molecule has 10 nitrogen and oxygen atoms in total. The number of carboxylic acids is 1. The number of nitrogens with one attached hydrogen (secondary N) is 2. The topological polar surface area (TPSA) is 137 Å². The van der Waals surface area contributed by atoms with Gasteiger partial charge in [-0.15, -0.1) is 0 Å². The van der Waals surface area contributed by atoms with Gasteiger partial charge in [-0.05, 0) is 55.1 Å². The second-order valence-electron chi connectivity index (χ2n) is 13.2. The molecule has 0 spiro atoms. The quantitative estimate of drug-likeness (QED) is 0.339. The van der Waals surface area contributed by atoms with Crippen molar-refractivity contribution in [2.24, 2.45) is 29.1 Å². The number of hydrogen-bond donors (Lipinski definition) is 4. The fourth-order valence-corrected chi connectivity index (χ4v) is 6.87. The Kier molecular flexibility index (Phi) is 10.0. The highest BCUT2D eigenvalue weighted by Gasteiger charge is 2.46. The van der Waals surface area contributed by atoms with Crippen LogP contribution < -0.4 is 15.4 Å². The first kappa shape index (κ1) is 32.7. The lowest BCUT2D eigenvalue weighted by Gasteiger charge is -2.45. The number of ether oxygens (including phenoxy) is 1. The Balaban J connectivity index is 1.61. The maximum Gasteiger partial charge on any atom is 0.335 e. The predicted molar refractivity (Wildman–Crippen MR) is 163 cm³/mol. The molecule has 10 heteroatoms. The minimum Gasteiger partial charge on any atom is -0.496 e. The molecule has 2 fully saturated rings. The van der Waals surface area contributed by atoms with Crippen LogP contribution in [0.15, 0.2) is 35.9 Å². The number of hydrogen-bond acceptors (Lipinski definition) is 7. The van der Waals surface area contributed by atoms with Crippen molar-refractivity contribution >= 4 is 23.4 Å². The maximum atomic E-state index is 13.9. The van der Waals surface area contributed by atoms with Crippen molar-refractivity contribution in [2.45, 2.75) is 78.6 Å². The average molecular weight is 598 g/mol. The number of benzene rings is 1. The van der Waals surface area contributed by atoms with Gasteiger partial charge in [0.25, 0.3) is 0 Å². The number of aliphatic hydroxyl groups excluding tert-OH is 1. The molecule has 0 radical (unpaired) electrons. The van der Waals surface area contributed by atoms with Crippen LogP contribution in [0.2, 0.25) is 0 Å². The van der Waals surface area contributed by atoms with Gasteiger partial charge in [-0.1, -0.05) is 52.0 Å². The third-order valence-electron chi connectivity index (χ3n) is 9.79. The lowest BCUT2D eigenvalue weighted by atomic mass is 9.64. The molecule has 1 aromatic rings. The number of carbonyl (C=O) groups excluding carboxylic acids is 2. The molecule has 43 heavy (non-hydrogen) atoms. The average Bonchev–Trinajstić information content (AvgIpc) is 3.38. The fraction of sp³-hybridized carbons (Fsp3) is 0.606. The molecule has 1 saturated carbocycles. The number of carbonyl (C=O) groups is 3. The zero-order chi connectivity index (χ0) is 31.6. The van der Waals surface area contributed by atoms with Crippen LogP contribution in [0.25, 0.3) is 5.57 Å². The Morgan fingerprint density at radius 3 is 2.56 bits per heavy atom. The van der Waals surface area contributed by atoms with Gasteiger partial charge in [0, 0.05) is 30.1 Å². The van der Waals surface area contributed by atoms with Crippen molar-refractivity contribution in [3.05, 3.63) is 47.1 Å². The smallest absolute Gasteiger partial charge is 0.335 e. The van der Waals surface area contributed by atoms with E-state index in [1.807, 2.05) is 18.2 Å². The highest BCUT2D eigenvalue weighted by atomic mass is 16.7. The summed E-state index contributed by atoms with van der Waals surface area (Å²) in [6.45, 7) is 11.1. The second kappa shape index (κ2) is 13.2. The van der Waals surface area contributed by atoms with E-state index >= 15 is 0 Å². The monoisotopic (exact) mass is 597 g/mol. The molecule has 3 aliphatic rings. The largest absolute Gasteiger partial charge is 0.496 e. The Bertz CT molecular complexity index is 1290. The number of amides is 2. The summed E-state index contributed by atoms with van der Waals surface area (Å²) in [5, 5.41) is 27.8. The molecule has 1 saturated heterocycles. The molecule has 4 N–H and O–H groups in total. The van der Waals surface area contributed by atoms with Crippen molar-refractivity contribution in [2.75, 3.05) is 20.8 Å². The SMILES string of the molecule is CNC(=O)C1C=C(C(=O)O)C=C(c2cccc(CN3OCC([C@H](C)O)[C@H]3C(=O)N[C@H]3CC(C)C(C)(C)C[C@@H]3C)c2OC)C1. The minimum absolute atomic E-state index is 0.0356. The summed E-state index contributed by atoms with van der Waals surface area (Å²) >= 11 is 0. The minimum atomic E-state index is -1.12. The third kappa shape index (κ3) is 6.97. The number of para-hydroxylation sites is 1. The molecule has 2 amide bonds. The maximum absolute atomic E-state index is 13.9. The van der Waals surface area contributed by atoms with Crippen molar-refractivity contribution in [3.63, 3.8) is 0 Å². The Hall–Kier alpha value is -3.21. The summed E-state index contributed by atoms with van der Waals surface area (Å²) in [5.74, 6) is -1.32. The number of carboxylic acid groups (broad SMARTS) is 1. The number of nitrogens with zero attached hydrogens (tertiary/aromatic N) is 1. The van der Waals surface area contributed by atoms with E-state index in [0.29, 0.717) is 35.1 Å². The highest BCUT2D eigenvalue weighted by Crippen LogP contribution is 2.43. The molecular formula is C33H47N3O7. The fourth-order valence-electron chi connectivity index (χ4n) is 6.87. The summed E-state index contributed by atoms with van der Waals surface area (Å²) < 4.78 is 5.85. The van der Waals surface area contributed by atoms with E-state index in [4.69, 9.17) is 9.57 Å². The van der Waals surface area contributed by atoms with Gasteiger partial charge in [-0.25, -0.2) is 4.79 Å². The summed E-state index contributed by atoms with van der Waals surface area (Å²) in [6.07, 6.45) is 4.49. The van der Waals surface area contributed by atoms with Crippen LogP contribution in [0.1, 0.15) is 65.0 Å². The van der Waals surface area contributed by atoms with E-state index in [0.717, 1.165) is 18.4 Å². The number of hydroxylamine groups is 2. The Morgan fingerprint density at radius 1 is 1.21 bits per heavy atom. The van der Waals surface area contributed by atoms with Crippen LogP contribution in [0, 0.1) is 29.1 Å². The molecular weight excluding hydrogens is 550 g/mol. The zero-order valence-electron chi connectivity index (χ0n) is 26.3. The molecule has 1 heterocycles. The number of methoxy groups -OCH3 is 1. The summed E-state index contributed by atoms with van der Waals surface area (Å²) in [4.78, 5) is 44.2. The molecule has 0 bridgehead atoms. The van der Waals surface area contributed by atoms with E-state index in [1.54, 1.807) is 18.1 Å². The Labute approximate surface area is 254 Å². The number of aliphatic carboxylic acids is 1. The van der Waals surface area contributed by atoms with Crippen LogP contribution in [0.5, 0.6) is 5.75 Å². The van der Waals surface area contributed by atoms with E-state index in [9.17, 15) is 24.6 Å². The van der Waals surface area contributed by atoms with E-state index in [-0.39, 0.29) is 42.0 Å². The van der Waals surface area contributed by atoms with Crippen LogP contribution in [0.4, 0.5) is 0 Å². The van der Waals surface area contributed by atoms with Gasteiger partial charge < -0.3 is 25.6 Å². The number of rotatable bonds is 9. The van der Waals surface area contributed by atoms with E-state index in [2.05, 4.69) is 38.3 Å². The summed E-state index contributed by atoms with van der Waals surface area (Å²) in [7, 11) is 3.06. The molecule has 1 aromatic carbocycles. The molecule has 1 aliphatic heterocycles. The van der Waals surface area contributed by atoms with Crippen LogP contribution in [-0.4, -0.2) is 72.0 Å². The number of aliphatic hydroxyl groups is 1. The number of allylic oxidation sites excluding steroid dienone is 1. The summed E-state index contributed by atoms with van der Waals surface area (Å²) in [5.41, 5.74) is 2.31. The third-order valence-corrected chi connectivity index (χ3v) is 9.79. The van der Waals surface area contributed by atoms with Crippen molar-refractivity contribution in [1.29, 1.82) is 0 Å². The van der Waals surface area contributed by atoms with Gasteiger partial charge in [-0.2, -0.15) is 5.06 Å². The molecule has 7 atom stereocenters. The zero-order valence-corrected chi connectivity index (χ0v) is 26.3. The lowest BCUT2D eigenvalue weighted by Crippen LogP contribution is -2.54. The molecule has 4 rings (SSSR count). The highest BCUT2D eigenvalue weighted by molar-refractivity contribution is 5.97. The van der Waals surface area contributed by atoms with Crippen molar-refractivity contribution in [1.82, 2.24) is 15.7 Å². The standard InChI is InChI=1S/C33H47N3O7/c1-18-15-33(4,5)19(2)11-27(18)35-31(39)28-26(20(3)37)17-43-36(28)16-21-9-8-10-25(29(21)42-7)22-12-23(30(38)34-6)14-24(13-22)32(40)41/h8-10,13-14,18-20,23,26-28,37H,11-12,15-17H2,1-7H3,(H,34,38)(H,35,39)(H,40,41)/t18-,19?,20-,23?,26?,27-,28-/m0/s1. The van der Waals surface area contributed by atoms with Gasteiger partial charge in [0.05, 0.1) is 37.9 Å². The van der Waals surface area contributed by atoms with Gasteiger partial charge in [0.15, 0.2) is 0 Å². The first-order chi connectivity index (χ1) is 20.3. The van der Waals surface area contributed by atoms with E-state index in [1.165, 1.54) is 20.2 Å². The second-order valence-corrected chi connectivity index (χ2v) is 13.2. The van der Waals surface area contributed by atoms with Gasteiger partial charge >= 0.3 is 5.97 Å². The normalized spacial score (nSPS) is 29.7. The van der Waals surface area contributed by atoms with Gasteiger partial charge in [0.1, 0.15) is 11.8 Å². The lowest BCUT2D eigenvalue weighted by molar-refractivity contribution is -0.158. The van der Waals surface area contributed by atoms with Crippen molar-refractivity contribution in [3.8, 4) is 5.75 Å².